The Kier molecular flexibility index (Phi) is 15.2. The van der Waals surface area contributed by atoms with Crippen molar-refractivity contribution in [1.82, 2.24) is 0 Å². The fourth-order valence-electron chi connectivity index (χ4n) is 4.14. The Bertz CT molecular complexity index is 558. The van der Waals surface area contributed by atoms with Gasteiger partial charge in [0.15, 0.2) is 6.10 Å². The van der Waals surface area contributed by atoms with Crippen LogP contribution in [-0.2, 0) is 11.2 Å². The molecule has 0 aliphatic heterocycles. The molecule has 2 unspecified atom stereocenters. The number of benzene rings is 1. The molecule has 172 valence electrons. The third kappa shape index (κ3) is 11.6. The van der Waals surface area contributed by atoms with E-state index in [1.807, 2.05) is 12.1 Å². The molecular weight excluding hydrogens is 370 g/mol. The SMILES string of the molecule is CCCCCCCC(CCCCC)CCc1ccccc1OC(CCCC)C(N)=O. The number of hydrogen-bond donors (Lipinski definition) is 1. The summed E-state index contributed by atoms with van der Waals surface area (Å²) < 4.78 is 6.09. The number of unbranched alkanes of at least 4 members (excludes halogenated alkanes) is 7. The van der Waals surface area contributed by atoms with Crippen LogP contribution in [0.25, 0.3) is 0 Å². The Morgan fingerprint density at radius 1 is 0.800 bits per heavy atom. The third-order valence-electron chi connectivity index (χ3n) is 6.13. The molecule has 0 saturated heterocycles. The van der Waals surface area contributed by atoms with Crippen molar-refractivity contribution in [3.63, 3.8) is 0 Å². The minimum Gasteiger partial charge on any atom is -0.480 e. The number of nitrogens with two attached hydrogens (primary N) is 1. The van der Waals surface area contributed by atoms with Gasteiger partial charge in [0.1, 0.15) is 5.75 Å². The predicted octanol–water partition coefficient (Wildman–Crippen LogP) is 7.60. The van der Waals surface area contributed by atoms with Gasteiger partial charge in [-0.25, -0.2) is 0 Å². The van der Waals surface area contributed by atoms with Gasteiger partial charge in [-0.2, -0.15) is 0 Å². The molecule has 1 aromatic rings. The van der Waals surface area contributed by atoms with Crippen LogP contribution in [0, 0.1) is 5.92 Å². The number of ether oxygens (including phenoxy) is 1. The zero-order valence-corrected chi connectivity index (χ0v) is 20.0. The van der Waals surface area contributed by atoms with E-state index < -0.39 is 6.10 Å². The second-order valence-corrected chi connectivity index (χ2v) is 8.86. The summed E-state index contributed by atoms with van der Waals surface area (Å²) in [6.07, 6.45) is 17.8. The number of aryl methyl sites for hydroxylation is 1. The average molecular weight is 418 g/mol. The van der Waals surface area contributed by atoms with E-state index in [1.165, 1.54) is 76.2 Å². The molecule has 2 atom stereocenters. The Morgan fingerprint density at radius 2 is 1.40 bits per heavy atom. The van der Waals surface area contributed by atoms with Gasteiger partial charge in [-0.15, -0.1) is 0 Å². The molecule has 0 bridgehead atoms. The molecule has 0 heterocycles. The van der Waals surface area contributed by atoms with Gasteiger partial charge in [0.25, 0.3) is 5.91 Å². The number of carbonyl (C=O) groups is 1. The smallest absolute Gasteiger partial charge is 0.258 e. The summed E-state index contributed by atoms with van der Waals surface area (Å²) >= 11 is 0. The quantitative estimate of drug-likeness (QED) is 0.236. The Morgan fingerprint density at radius 3 is 2.07 bits per heavy atom. The Hall–Kier alpha value is -1.51. The lowest BCUT2D eigenvalue weighted by molar-refractivity contribution is -0.125. The number of para-hydroxylation sites is 1. The van der Waals surface area contributed by atoms with Crippen LogP contribution in [0.4, 0.5) is 0 Å². The molecule has 0 aliphatic carbocycles. The highest BCUT2D eigenvalue weighted by Crippen LogP contribution is 2.27. The molecule has 1 aromatic carbocycles. The van der Waals surface area contributed by atoms with Crippen molar-refractivity contribution >= 4 is 5.91 Å². The van der Waals surface area contributed by atoms with Gasteiger partial charge >= 0.3 is 0 Å². The topological polar surface area (TPSA) is 52.3 Å². The second-order valence-electron chi connectivity index (χ2n) is 8.86. The molecule has 30 heavy (non-hydrogen) atoms. The fourth-order valence-corrected chi connectivity index (χ4v) is 4.14. The molecule has 2 N–H and O–H groups in total. The molecule has 1 rings (SSSR count). The molecule has 3 heteroatoms. The van der Waals surface area contributed by atoms with Gasteiger partial charge < -0.3 is 10.5 Å². The first-order valence-electron chi connectivity index (χ1n) is 12.7. The molecule has 0 aliphatic rings. The van der Waals surface area contributed by atoms with Gasteiger partial charge in [0.05, 0.1) is 0 Å². The summed E-state index contributed by atoms with van der Waals surface area (Å²) in [5, 5.41) is 0. The highest BCUT2D eigenvalue weighted by molar-refractivity contribution is 5.79. The maximum absolute atomic E-state index is 11.8. The first kappa shape index (κ1) is 26.5. The van der Waals surface area contributed by atoms with Crippen LogP contribution in [0.2, 0.25) is 0 Å². The van der Waals surface area contributed by atoms with Crippen LogP contribution in [-0.4, -0.2) is 12.0 Å². The Balaban J connectivity index is 2.66. The number of carbonyl (C=O) groups excluding carboxylic acids is 1. The molecule has 0 spiro atoms. The normalized spacial score (nSPS) is 13.2. The first-order chi connectivity index (χ1) is 14.6. The van der Waals surface area contributed by atoms with Crippen LogP contribution in [0.3, 0.4) is 0 Å². The summed E-state index contributed by atoms with van der Waals surface area (Å²) in [5.41, 5.74) is 6.81. The van der Waals surface area contributed by atoms with Crippen molar-refractivity contribution in [1.29, 1.82) is 0 Å². The lowest BCUT2D eigenvalue weighted by Gasteiger charge is -2.20. The Labute approximate surface area is 186 Å². The van der Waals surface area contributed by atoms with Crippen molar-refractivity contribution < 1.29 is 9.53 Å². The summed E-state index contributed by atoms with van der Waals surface area (Å²) in [4.78, 5) is 11.8. The molecule has 0 radical (unpaired) electrons. The van der Waals surface area contributed by atoms with Gasteiger partial charge in [0.2, 0.25) is 0 Å². The minimum atomic E-state index is -0.523. The number of amides is 1. The van der Waals surface area contributed by atoms with Crippen molar-refractivity contribution in [3.05, 3.63) is 29.8 Å². The van der Waals surface area contributed by atoms with Crippen LogP contribution in [0.1, 0.15) is 116 Å². The van der Waals surface area contributed by atoms with Crippen molar-refractivity contribution in [2.24, 2.45) is 11.7 Å². The third-order valence-corrected chi connectivity index (χ3v) is 6.13. The number of hydrogen-bond acceptors (Lipinski definition) is 2. The summed E-state index contributed by atoms with van der Waals surface area (Å²) in [7, 11) is 0. The standard InChI is InChI=1S/C27H47NO2/c1-4-7-10-11-13-17-23(16-12-8-5-2)21-22-24-18-14-15-20-25(24)30-26(27(28)29)19-9-6-3/h14-15,18,20,23,26H,4-13,16-17,19,21-22H2,1-3H3,(H2,28,29). The molecular formula is C27H47NO2. The predicted molar refractivity (Wildman–Crippen MR) is 129 cm³/mol. The van der Waals surface area contributed by atoms with Crippen molar-refractivity contribution in [3.8, 4) is 5.75 Å². The van der Waals surface area contributed by atoms with Crippen LogP contribution < -0.4 is 10.5 Å². The van der Waals surface area contributed by atoms with E-state index >= 15 is 0 Å². The zero-order chi connectivity index (χ0) is 22.0. The summed E-state index contributed by atoms with van der Waals surface area (Å²) in [6, 6.07) is 8.21. The van der Waals surface area contributed by atoms with Crippen molar-refractivity contribution in [2.75, 3.05) is 0 Å². The van der Waals surface area contributed by atoms with E-state index in [-0.39, 0.29) is 5.91 Å². The highest BCUT2D eigenvalue weighted by Gasteiger charge is 2.18. The van der Waals surface area contributed by atoms with E-state index in [0.717, 1.165) is 30.9 Å². The second kappa shape index (κ2) is 17.2. The largest absolute Gasteiger partial charge is 0.480 e. The van der Waals surface area contributed by atoms with E-state index in [4.69, 9.17) is 10.5 Å². The van der Waals surface area contributed by atoms with Crippen LogP contribution >= 0.6 is 0 Å². The highest BCUT2D eigenvalue weighted by atomic mass is 16.5. The average Bonchev–Trinajstić information content (AvgIpc) is 2.75. The molecule has 0 saturated carbocycles. The van der Waals surface area contributed by atoms with Gasteiger partial charge in [-0.05, 0) is 43.2 Å². The van der Waals surface area contributed by atoms with E-state index in [1.54, 1.807) is 0 Å². The van der Waals surface area contributed by atoms with Gasteiger partial charge in [-0.3, -0.25) is 4.79 Å². The number of primary amides is 1. The van der Waals surface area contributed by atoms with Crippen molar-refractivity contribution in [2.45, 2.75) is 123 Å². The van der Waals surface area contributed by atoms with Gasteiger partial charge in [-0.1, -0.05) is 110 Å². The lowest BCUT2D eigenvalue weighted by Crippen LogP contribution is -2.33. The maximum atomic E-state index is 11.8. The van der Waals surface area contributed by atoms with E-state index in [9.17, 15) is 4.79 Å². The van der Waals surface area contributed by atoms with E-state index in [0.29, 0.717) is 6.42 Å². The van der Waals surface area contributed by atoms with Gasteiger partial charge in [0, 0.05) is 0 Å². The maximum Gasteiger partial charge on any atom is 0.258 e. The number of rotatable bonds is 19. The molecule has 3 nitrogen and oxygen atoms in total. The first-order valence-corrected chi connectivity index (χ1v) is 12.7. The lowest BCUT2D eigenvalue weighted by atomic mass is 9.89. The molecule has 1 amide bonds. The van der Waals surface area contributed by atoms with E-state index in [2.05, 4.69) is 32.9 Å². The molecule has 0 aromatic heterocycles. The molecule has 0 fully saturated rings. The minimum absolute atomic E-state index is 0.359. The van der Waals surface area contributed by atoms with Crippen LogP contribution in [0.15, 0.2) is 24.3 Å². The summed E-state index contributed by atoms with van der Waals surface area (Å²) in [6.45, 7) is 6.67. The summed E-state index contributed by atoms with van der Waals surface area (Å²) in [5.74, 6) is 1.27. The van der Waals surface area contributed by atoms with Crippen LogP contribution in [0.5, 0.6) is 5.75 Å². The monoisotopic (exact) mass is 417 g/mol. The fraction of sp³-hybridized carbons (Fsp3) is 0.741. The zero-order valence-electron chi connectivity index (χ0n) is 20.0.